The Morgan fingerprint density at radius 1 is 1.39 bits per heavy atom. The van der Waals surface area contributed by atoms with E-state index in [0.29, 0.717) is 12.3 Å². The minimum Gasteiger partial charge on any atom is -0.459 e. The molecule has 0 atom stereocenters. The van der Waals surface area contributed by atoms with E-state index in [4.69, 9.17) is 4.42 Å². The lowest BCUT2D eigenvalue weighted by Crippen LogP contribution is -2.22. The van der Waals surface area contributed by atoms with Crippen molar-refractivity contribution in [3.8, 4) is 0 Å². The van der Waals surface area contributed by atoms with Crippen LogP contribution in [0.2, 0.25) is 0 Å². The van der Waals surface area contributed by atoms with Crippen LogP contribution in [0, 0.1) is 0 Å². The average Bonchev–Trinajstić information content (AvgIpc) is 3.05. The summed E-state index contributed by atoms with van der Waals surface area (Å²) in [5.41, 5.74) is 1.85. The smallest absolute Gasteiger partial charge is 0.287 e. The highest BCUT2D eigenvalue weighted by Crippen LogP contribution is 2.06. The van der Waals surface area contributed by atoms with E-state index in [1.807, 2.05) is 28.9 Å². The van der Waals surface area contributed by atoms with Crippen molar-refractivity contribution in [2.45, 2.75) is 6.54 Å². The number of hydrogen-bond acceptors (Lipinski definition) is 3. The highest BCUT2D eigenvalue weighted by Gasteiger charge is 2.07. The predicted octanol–water partition coefficient (Wildman–Crippen LogP) is 1.86. The molecule has 0 bridgehead atoms. The SMILES string of the molecule is O=C(NCc1ccn2ccnc2c1)c1ccco1. The van der Waals surface area contributed by atoms with Gasteiger partial charge in [-0.15, -0.1) is 0 Å². The van der Waals surface area contributed by atoms with Gasteiger partial charge in [-0.2, -0.15) is 0 Å². The minimum atomic E-state index is -0.219. The molecule has 3 rings (SSSR count). The zero-order valence-electron chi connectivity index (χ0n) is 9.54. The summed E-state index contributed by atoms with van der Waals surface area (Å²) in [4.78, 5) is 15.9. The van der Waals surface area contributed by atoms with Crippen LogP contribution in [0.4, 0.5) is 0 Å². The number of nitrogens with one attached hydrogen (secondary N) is 1. The number of carbonyl (C=O) groups is 1. The molecule has 3 aromatic heterocycles. The number of hydrogen-bond donors (Lipinski definition) is 1. The normalized spacial score (nSPS) is 10.7. The van der Waals surface area contributed by atoms with Crippen molar-refractivity contribution in [2.24, 2.45) is 0 Å². The third kappa shape index (κ3) is 1.98. The van der Waals surface area contributed by atoms with Gasteiger partial charge >= 0.3 is 0 Å². The van der Waals surface area contributed by atoms with Crippen LogP contribution in [0.25, 0.3) is 5.65 Å². The number of imidazole rings is 1. The number of carbonyl (C=O) groups excluding carboxylic acids is 1. The van der Waals surface area contributed by atoms with Gasteiger partial charge < -0.3 is 14.1 Å². The predicted molar refractivity (Wildman–Crippen MR) is 65.1 cm³/mol. The molecule has 0 aliphatic heterocycles. The lowest BCUT2D eigenvalue weighted by molar-refractivity contribution is 0.0923. The highest BCUT2D eigenvalue weighted by molar-refractivity contribution is 5.91. The molecule has 5 heteroatoms. The first-order valence-electron chi connectivity index (χ1n) is 5.56. The number of aromatic nitrogens is 2. The van der Waals surface area contributed by atoms with Gasteiger partial charge in [-0.1, -0.05) is 0 Å². The third-order valence-electron chi connectivity index (χ3n) is 2.66. The minimum absolute atomic E-state index is 0.219. The molecule has 0 aliphatic rings. The fraction of sp³-hybridized carbons (Fsp3) is 0.0769. The maximum absolute atomic E-state index is 11.7. The summed E-state index contributed by atoms with van der Waals surface area (Å²) >= 11 is 0. The molecule has 90 valence electrons. The molecule has 1 amide bonds. The first kappa shape index (κ1) is 10.6. The molecule has 1 N–H and O–H groups in total. The van der Waals surface area contributed by atoms with Crippen LogP contribution >= 0.6 is 0 Å². The molecule has 18 heavy (non-hydrogen) atoms. The van der Waals surface area contributed by atoms with Crippen LogP contribution in [-0.2, 0) is 6.54 Å². The summed E-state index contributed by atoms with van der Waals surface area (Å²) in [6, 6.07) is 7.19. The van der Waals surface area contributed by atoms with Gasteiger partial charge in [0.2, 0.25) is 0 Å². The summed E-state index contributed by atoms with van der Waals surface area (Å²) < 4.78 is 6.93. The molecule has 0 spiro atoms. The number of amides is 1. The largest absolute Gasteiger partial charge is 0.459 e. The quantitative estimate of drug-likeness (QED) is 0.761. The first-order valence-corrected chi connectivity index (χ1v) is 5.56. The second-order valence-electron chi connectivity index (χ2n) is 3.89. The van der Waals surface area contributed by atoms with Crippen molar-refractivity contribution in [1.82, 2.24) is 14.7 Å². The summed E-state index contributed by atoms with van der Waals surface area (Å²) in [5, 5.41) is 2.79. The van der Waals surface area contributed by atoms with Gasteiger partial charge in [-0.05, 0) is 29.8 Å². The molecule has 0 aliphatic carbocycles. The summed E-state index contributed by atoms with van der Waals surface area (Å²) in [6.07, 6.45) is 7.00. The van der Waals surface area contributed by atoms with Gasteiger partial charge in [0.15, 0.2) is 5.76 Å². The van der Waals surface area contributed by atoms with E-state index in [1.165, 1.54) is 6.26 Å². The van der Waals surface area contributed by atoms with Crippen LogP contribution in [0.3, 0.4) is 0 Å². The van der Waals surface area contributed by atoms with Gasteiger partial charge in [0, 0.05) is 25.1 Å². The van der Waals surface area contributed by atoms with Crippen molar-refractivity contribution in [3.05, 3.63) is 60.4 Å². The highest BCUT2D eigenvalue weighted by atomic mass is 16.3. The van der Waals surface area contributed by atoms with E-state index in [2.05, 4.69) is 10.3 Å². The standard InChI is InChI=1S/C13H11N3O2/c17-13(11-2-1-7-18-11)15-9-10-3-5-16-6-4-14-12(16)8-10/h1-8H,9H2,(H,15,17). The van der Waals surface area contributed by atoms with Gasteiger partial charge in [0.25, 0.3) is 5.91 Å². The fourth-order valence-corrected chi connectivity index (χ4v) is 1.74. The Balaban J connectivity index is 1.71. The Kier molecular flexibility index (Phi) is 2.57. The number of furan rings is 1. The second-order valence-corrected chi connectivity index (χ2v) is 3.89. The molecule has 3 heterocycles. The molecule has 0 saturated carbocycles. The van der Waals surface area contributed by atoms with Crippen LogP contribution in [-0.4, -0.2) is 15.3 Å². The van der Waals surface area contributed by atoms with Crippen LogP contribution in [0.1, 0.15) is 16.1 Å². The molecule has 0 unspecified atom stereocenters. The lowest BCUT2D eigenvalue weighted by atomic mass is 10.2. The van der Waals surface area contributed by atoms with Crippen molar-refractivity contribution < 1.29 is 9.21 Å². The van der Waals surface area contributed by atoms with Crippen LogP contribution < -0.4 is 5.32 Å². The van der Waals surface area contributed by atoms with E-state index in [0.717, 1.165) is 11.2 Å². The first-order chi connectivity index (χ1) is 8.83. The molecule has 0 fully saturated rings. The summed E-state index contributed by atoms with van der Waals surface area (Å²) in [7, 11) is 0. The molecular formula is C13H11N3O2. The van der Waals surface area contributed by atoms with Crippen LogP contribution in [0.15, 0.2) is 53.5 Å². The molecule has 3 aromatic rings. The zero-order valence-corrected chi connectivity index (χ0v) is 9.54. The Bertz CT molecular complexity index is 670. The molecule has 0 radical (unpaired) electrons. The molecular weight excluding hydrogens is 230 g/mol. The second kappa shape index (κ2) is 4.37. The van der Waals surface area contributed by atoms with Gasteiger partial charge in [0.05, 0.1) is 6.26 Å². The van der Waals surface area contributed by atoms with E-state index in [-0.39, 0.29) is 5.91 Å². The maximum atomic E-state index is 11.7. The molecule has 5 nitrogen and oxygen atoms in total. The van der Waals surface area contributed by atoms with E-state index < -0.39 is 0 Å². The molecule has 0 saturated heterocycles. The van der Waals surface area contributed by atoms with Crippen molar-refractivity contribution in [2.75, 3.05) is 0 Å². The molecule has 0 aromatic carbocycles. The Hall–Kier alpha value is -2.56. The van der Waals surface area contributed by atoms with E-state index in [9.17, 15) is 4.79 Å². The monoisotopic (exact) mass is 241 g/mol. The van der Waals surface area contributed by atoms with Crippen molar-refractivity contribution >= 4 is 11.6 Å². The van der Waals surface area contributed by atoms with Gasteiger partial charge in [0.1, 0.15) is 5.65 Å². The zero-order chi connectivity index (χ0) is 12.4. The number of rotatable bonds is 3. The maximum Gasteiger partial charge on any atom is 0.287 e. The number of nitrogens with zero attached hydrogens (tertiary/aromatic N) is 2. The van der Waals surface area contributed by atoms with Crippen molar-refractivity contribution in [3.63, 3.8) is 0 Å². The number of pyridine rings is 1. The average molecular weight is 241 g/mol. The number of fused-ring (bicyclic) bond motifs is 1. The Morgan fingerprint density at radius 2 is 2.33 bits per heavy atom. The van der Waals surface area contributed by atoms with E-state index in [1.54, 1.807) is 18.3 Å². The summed E-state index contributed by atoms with van der Waals surface area (Å²) in [5.74, 6) is 0.0973. The Labute approximate surface area is 103 Å². The summed E-state index contributed by atoms with van der Waals surface area (Å²) in [6.45, 7) is 0.447. The fourth-order valence-electron chi connectivity index (χ4n) is 1.74. The topological polar surface area (TPSA) is 59.5 Å². The van der Waals surface area contributed by atoms with Gasteiger partial charge in [-0.3, -0.25) is 4.79 Å². The Morgan fingerprint density at radius 3 is 3.17 bits per heavy atom. The van der Waals surface area contributed by atoms with Gasteiger partial charge in [-0.25, -0.2) is 4.98 Å². The third-order valence-corrected chi connectivity index (χ3v) is 2.66. The van der Waals surface area contributed by atoms with E-state index >= 15 is 0 Å². The van der Waals surface area contributed by atoms with Crippen LogP contribution in [0.5, 0.6) is 0 Å². The lowest BCUT2D eigenvalue weighted by Gasteiger charge is -2.04. The van der Waals surface area contributed by atoms with Crippen molar-refractivity contribution in [1.29, 1.82) is 0 Å².